The maximum atomic E-state index is 5.86. The van der Waals surface area contributed by atoms with Crippen LogP contribution in [0.3, 0.4) is 0 Å². The monoisotopic (exact) mass is 333 g/mol. The van der Waals surface area contributed by atoms with Crippen LogP contribution in [0.5, 0.6) is 5.75 Å². The van der Waals surface area contributed by atoms with E-state index in [4.69, 9.17) is 14.2 Å². The van der Waals surface area contributed by atoms with Crippen molar-refractivity contribution >= 4 is 0 Å². The normalized spacial score (nSPS) is 21.6. The maximum Gasteiger partial charge on any atom is 0.122 e. The SMILES string of the molecule is C=CCc1cc(C)ccc1OCCOCCN1C[C@@H](C)O[C@@H](C)C1. The van der Waals surface area contributed by atoms with Crippen LogP contribution in [0.4, 0.5) is 0 Å². The Bertz CT molecular complexity index is 508. The number of rotatable bonds is 9. The summed E-state index contributed by atoms with van der Waals surface area (Å²) in [6, 6.07) is 6.26. The molecule has 24 heavy (non-hydrogen) atoms. The molecule has 0 radical (unpaired) electrons. The fourth-order valence-corrected chi connectivity index (χ4v) is 3.14. The van der Waals surface area contributed by atoms with E-state index in [1.54, 1.807) is 0 Å². The summed E-state index contributed by atoms with van der Waals surface area (Å²) in [4.78, 5) is 2.40. The lowest BCUT2D eigenvalue weighted by Gasteiger charge is -2.35. The van der Waals surface area contributed by atoms with Crippen LogP contribution in [0.1, 0.15) is 25.0 Å². The Labute approximate surface area is 146 Å². The van der Waals surface area contributed by atoms with Gasteiger partial charge in [-0.25, -0.2) is 0 Å². The molecule has 1 aliphatic heterocycles. The lowest BCUT2D eigenvalue weighted by molar-refractivity contribution is -0.0734. The molecule has 4 nitrogen and oxygen atoms in total. The third kappa shape index (κ3) is 6.27. The predicted molar refractivity (Wildman–Crippen MR) is 97.8 cm³/mol. The number of nitrogens with zero attached hydrogens (tertiary/aromatic N) is 1. The van der Waals surface area contributed by atoms with Gasteiger partial charge in [0.25, 0.3) is 0 Å². The van der Waals surface area contributed by atoms with E-state index in [-0.39, 0.29) is 0 Å². The average Bonchev–Trinajstić information content (AvgIpc) is 2.52. The zero-order valence-electron chi connectivity index (χ0n) is 15.3. The maximum absolute atomic E-state index is 5.86. The second kappa shape index (κ2) is 9.82. The third-order valence-corrected chi connectivity index (χ3v) is 4.11. The van der Waals surface area contributed by atoms with Crippen molar-refractivity contribution in [1.82, 2.24) is 4.90 Å². The molecule has 4 heteroatoms. The van der Waals surface area contributed by atoms with Gasteiger partial charge in [-0.3, -0.25) is 4.90 Å². The Hall–Kier alpha value is -1.36. The summed E-state index contributed by atoms with van der Waals surface area (Å²) in [5, 5.41) is 0. The van der Waals surface area contributed by atoms with Crippen LogP contribution in [0.2, 0.25) is 0 Å². The minimum Gasteiger partial charge on any atom is -0.491 e. The van der Waals surface area contributed by atoms with E-state index >= 15 is 0 Å². The summed E-state index contributed by atoms with van der Waals surface area (Å²) in [7, 11) is 0. The number of aryl methyl sites for hydroxylation is 1. The van der Waals surface area contributed by atoms with E-state index < -0.39 is 0 Å². The lowest BCUT2D eigenvalue weighted by atomic mass is 10.1. The first kappa shape index (κ1) is 19.0. The number of hydrogen-bond donors (Lipinski definition) is 0. The number of ether oxygens (including phenoxy) is 3. The van der Waals surface area contributed by atoms with E-state index in [9.17, 15) is 0 Å². The zero-order valence-corrected chi connectivity index (χ0v) is 15.3. The highest BCUT2D eigenvalue weighted by atomic mass is 16.5. The molecule has 1 saturated heterocycles. The van der Waals surface area contributed by atoms with Gasteiger partial charge in [-0.1, -0.05) is 23.8 Å². The number of morpholine rings is 1. The Balaban J connectivity index is 1.64. The van der Waals surface area contributed by atoms with Crippen LogP contribution in [-0.2, 0) is 15.9 Å². The first-order valence-electron chi connectivity index (χ1n) is 8.87. The highest BCUT2D eigenvalue weighted by molar-refractivity contribution is 5.38. The van der Waals surface area contributed by atoms with E-state index in [0.29, 0.717) is 25.4 Å². The molecule has 1 aliphatic rings. The van der Waals surface area contributed by atoms with Crippen LogP contribution < -0.4 is 4.74 Å². The number of hydrogen-bond acceptors (Lipinski definition) is 4. The van der Waals surface area contributed by atoms with Gasteiger partial charge in [0.15, 0.2) is 0 Å². The lowest BCUT2D eigenvalue weighted by Crippen LogP contribution is -2.46. The molecule has 0 N–H and O–H groups in total. The van der Waals surface area contributed by atoms with Gasteiger partial charge < -0.3 is 14.2 Å². The summed E-state index contributed by atoms with van der Waals surface area (Å²) >= 11 is 0. The molecule has 2 atom stereocenters. The summed E-state index contributed by atoms with van der Waals surface area (Å²) in [5.74, 6) is 0.930. The number of benzene rings is 1. The van der Waals surface area contributed by atoms with E-state index in [1.807, 2.05) is 12.1 Å². The Kier molecular flexibility index (Phi) is 7.76. The Morgan fingerprint density at radius 3 is 2.67 bits per heavy atom. The van der Waals surface area contributed by atoms with Crippen molar-refractivity contribution in [2.75, 3.05) is 39.5 Å². The minimum atomic E-state index is 0.307. The molecule has 0 saturated carbocycles. The van der Waals surface area contributed by atoms with Crippen molar-refractivity contribution in [1.29, 1.82) is 0 Å². The first-order valence-corrected chi connectivity index (χ1v) is 8.87. The topological polar surface area (TPSA) is 30.9 Å². The smallest absolute Gasteiger partial charge is 0.122 e. The standard InChI is InChI=1S/C20H31NO3/c1-5-6-19-13-16(2)7-8-20(19)23-12-11-22-10-9-21-14-17(3)24-18(4)15-21/h5,7-8,13,17-18H,1,6,9-12,14-15H2,2-4H3/t17-,18+. The summed E-state index contributed by atoms with van der Waals surface area (Å²) in [5.41, 5.74) is 2.42. The van der Waals surface area contributed by atoms with Gasteiger partial charge in [0.2, 0.25) is 0 Å². The second-order valence-electron chi connectivity index (χ2n) is 6.58. The molecule has 0 bridgehead atoms. The predicted octanol–water partition coefficient (Wildman–Crippen LogP) is 3.23. The first-order chi connectivity index (χ1) is 11.6. The molecule has 0 aliphatic carbocycles. The molecule has 0 unspecified atom stereocenters. The van der Waals surface area contributed by atoms with Crippen LogP contribution >= 0.6 is 0 Å². The van der Waals surface area contributed by atoms with Crippen molar-refractivity contribution in [3.63, 3.8) is 0 Å². The molecule has 1 aromatic rings. The van der Waals surface area contributed by atoms with Crippen LogP contribution in [0.25, 0.3) is 0 Å². The van der Waals surface area contributed by atoms with Gasteiger partial charge in [-0.15, -0.1) is 6.58 Å². The minimum absolute atomic E-state index is 0.307. The molecule has 1 heterocycles. The van der Waals surface area contributed by atoms with Gasteiger partial charge in [0.05, 0.1) is 25.4 Å². The van der Waals surface area contributed by atoms with Crippen molar-refractivity contribution < 1.29 is 14.2 Å². The third-order valence-electron chi connectivity index (χ3n) is 4.11. The summed E-state index contributed by atoms with van der Waals surface area (Å²) in [6.07, 6.45) is 3.34. The molecule has 0 spiro atoms. The van der Waals surface area contributed by atoms with E-state index in [1.165, 1.54) is 11.1 Å². The van der Waals surface area contributed by atoms with Gasteiger partial charge >= 0.3 is 0 Å². The molecule has 2 rings (SSSR count). The molecular weight excluding hydrogens is 302 g/mol. The second-order valence-corrected chi connectivity index (χ2v) is 6.58. The molecule has 0 aromatic heterocycles. The van der Waals surface area contributed by atoms with Crippen LogP contribution in [0, 0.1) is 6.92 Å². The fourth-order valence-electron chi connectivity index (χ4n) is 3.14. The van der Waals surface area contributed by atoms with Gasteiger partial charge in [-0.2, -0.15) is 0 Å². The Morgan fingerprint density at radius 1 is 1.21 bits per heavy atom. The highest BCUT2D eigenvalue weighted by Gasteiger charge is 2.21. The summed E-state index contributed by atoms with van der Waals surface area (Å²) < 4.78 is 17.3. The van der Waals surface area contributed by atoms with E-state index in [2.05, 4.69) is 44.4 Å². The Morgan fingerprint density at radius 2 is 1.96 bits per heavy atom. The molecule has 1 fully saturated rings. The molecule has 1 aromatic carbocycles. The zero-order chi connectivity index (χ0) is 17.4. The van der Waals surface area contributed by atoms with Crippen molar-refractivity contribution in [3.05, 3.63) is 42.0 Å². The average molecular weight is 333 g/mol. The molecular formula is C20H31NO3. The number of allylic oxidation sites excluding steroid dienone is 1. The van der Waals surface area contributed by atoms with Crippen LogP contribution in [-0.4, -0.2) is 56.6 Å². The summed E-state index contributed by atoms with van der Waals surface area (Å²) in [6.45, 7) is 15.0. The van der Waals surface area contributed by atoms with Crippen molar-refractivity contribution in [3.8, 4) is 5.75 Å². The van der Waals surface area contributed by atoms with Gasteiger partial charge in [-0.05, 0) is 38.8 Å². The van der Waals surface area contributed by atoms with Crippen molar-refractivity contribution in [2.45, 2.75) is 39.4 Å². The van der Waals surface area contributed by atoms with E-state index in [0.717, 1.165) is 38.4 Å². The largest absolute Gasteiger partial charge is 0.491 e. The fraction of sp³-hybridized carbons (Fsp3) is 0.600. The molecule has 134 valence electrons. The quantitative estimate of drug-likeness (QED) is 0.513. The van der Waals surface area contributed by atoms with Gasteiger partial charge in [0.1, 0.15) is 12.4 Å². The highest BCUT2D eigenvalue weighted by Crippen LogP contribution is 2.20. The molecule has 0 amide bonds. The van der Waals surface area contributed by atoms with Crippen LogP contribution in [0.15, 0.2) is 30.9 Å². The van der Waals surface area contributed by atoms with Crippen molar-refractivity contribution in [2.24, 2.45) is 0 Å². The van der Waals surface area contributed by atoms with Gasteiger partial charge in [0, 0.05) is 19.6 Å².